The smallest absolute Gasteiger partial charge is 0.256 e. The topological polar surface area (TPSA) is 49.3 Å². The lowest BCUT2D eigenvalue weighted by molar-refractivity contribution is 0.102. The van der Waals surface area contributed by atoms with Gasteiger partial charge in [0, 0.05) is 16.8 Å². The Kier molecular flexibility index (Phi) is 2.56. The van der Waals surface area contributed by atoms with E-state index >= 15 is 0 Å². The number of anilines is 1. The minimum absolute atomic E-state index is 0.181. The van der Waals surface area contributed by atoms with E-state index < -0.39 is 6.10 Å². The van der Waals surface area contributed by atoms with Crippen molar-refractivity contribution >= 4 is 22.4 Å². The molecule has 102 valence electrons. The number of hydrogen-bond donors (Lipinski definition) is 2. The fraction of sp³-hybridized carbons (Fsp3) is 0.0556. The molecule has 3 nitrogen and oxygen atoms in total. The SMILES string of the molecule is O=C1Nc2ccccc2C(O)c2cc3ccccc3cc21. The standard InChI is InChI=1S/C18H13NO2/c20-17-13-7-3-4-8-16(13)19-18(21)15-10-12-6-2-1-5-11(12)9-14(15)17/h1-10,17,20H,(H,19,21). The molecule has 0 radical (unpaired) electrons. The van der Waals surface area contributed by atoms with E-state index in [1.807, 2.05) is 60.7 Å². The van der Waals surface area contributed by atoms with Gasteiger partial charge >= 0.3 is 0 Å². The van der Waals surface area contributed by atoms with Crippen LogP contribution in [0.2, 0.25) is 0 Å². The zero-order chi connectivity index (χ0) is 14.4. The molecule has 0 aromatic heterocycles. The first-order chi connectivity index (χ1) is 10.2. The van der Waals surface area contributed by atoms with Gasteiger partial charge in [-0.2, -0.15) is 0 Å². The van der Waals surface area contributed by atoms with Crippen LogP contribution in [0.4, 0.5) is 5.69 Å². The Morgan fingerprint density at radius 2 is 1.52 bits per heavy atom. The molecule has 1 aliphatic heterocycles. The Morgan fingerprint density at radius 3 is 2.33 bits per heavy atom. The summed E-state index contributed by atoms with van der Waals surface area (Å²) >= 11 is 0. The summed E-state index contributed by atoms with van der Waals surface area (Å²) in [6, 6.07) is 18.9. The number of benzene rings is 3. The van der Waals surface area contributed by atoms with Crippen LogP contribution < -0.4 is 5.32 Å². The number of amides is 1. The molecule has 1 heterocycles. The minimum atomic E-state index is -0.806. The monoisotopic (exact) mass is 275 g/mol. The number of aliphatic hydroxyl groups excluding tert-OH is 1. The van der Waals surface area contributed by atoms with Gasteiger partial charge in [0.05, 0.1) is 0 Å². The van der Waals surface area contributed by atoms with Crippen LogP contribution in [0.25, 0.3) is 10.8 Å². The van der Waals surface area contributed by atoms with Gasteiger partial charge in [-0.1, -0.05) is 42.5 Å². The van der Waals surface area contributed by atoms with Crippen molar-refractivity contribution < 1.29 is 9.90 Å². The number of nitrogens with one attached hydrogen (secondary N) is 1. The molecule has 0 aliphatic carbocycles. The summed E-state index contributed by atoms with van der Waals surface area (Å²) < 4.78 is 0. The third-order valence-electron chi connectivity index (χ3n) is 3.96. The highest BCUT2D eigenvalue weighted by atomic mass is 16.3. The third-order valence-corrected chi connectivity index (χ3v) is 3.96. The first-order valence-corrected chi connectivity index (χ1v) is 6.85. The average Bonchev–Trinajstić information content (AvgIpc) is 2.62. The first-order valence-electron chi connectivity index (χ1n) is 6.85. The van der Waals surface area contributed by atoms with Crippen molar-refractivity contribution in [2.24, 2.45) is 0 Å². The van der Waals surface area contributed by atoms with Crippen LogP contribution in [-0.2, 0) is 0 Å². The van der Waals surface area contributed by atoms with Crippen LogP contribution in [-0.4, -0.2) is 11.0 Å². The Hall–Kier alpha value is -2.65. The van der Waals surface area contributed by atoms with Crippen molar-refractivity contribution in [3.05, 3.63) is 77.4 Å². The van der Waals surface area contributed by atoms with E-state index in [9.17, 15) is 9.90 Å². The van der Waals surface area contributed by atoms with Crippen molar-refractivity contribution in [3.8, 4) is 0 Å². The first kappa shape index (κ1) is 12.1. The lowest BCUT2D eigenvalue weighted by Gasteiger charge is -2.13. The van der Waals surface area contributed by atoms with Gasteiger partial charge in [0.25, 0.3) is 5.91 Å². The van der Waals surface area contributed by atoms with Crippen molar-refractivity contribution in [2.75, 3.05) is 5.32 Å². The normalized spacial score (nSPS) is 16.8. The molecule has 0 saturated heterocycles. The average molecular weight is 275 g/mol. The molecule has 3 aromatic rings. The summed E-state index contributed by atoms with van der Waals surface area (Å²) in [5.74, 6) is -0.181. The number of fused-ring (bicyclic) bond motifs is 3. The second-order valence-electron chi connectivity index (χ2n) is 5.23. The number of carbonyl (C=O) groups excluding carboxylic acids is 1. The van der Waals surface area contributed by atoms with Crippen molar-refractivity contribution in [2.45, 2.75) is 6.10 Å². The number of hydrogen-bond acceptors (Lipinski definition) is 2. The van der Waals surface area contributed by atoms with Gasteiger partial charge in [-0.25, -0.2) is 0 Å². The van der Waals surface area contributed by atoms with Crippen LogP contribution in [0.5, 0.6) is 0 Å². The Labute approximate surface area is 121 Å². The van der Waals surface area contributed by atoms with Crippen LogP contribution in [0.3, 0.4) is 0 Å². The molecule has 4 rings (SSSR count). The largest absolute Gasteiger partial charge is 0.384 e. The van der Waals surface area contributed by atoms with E-state index in [0.29, 0.717) is 16.8 Å². The maximum Gasteiger partial charge on any atom is 0.256 e. The molecule has 21 heavy (non-hydrogen) atoms. The third kappa shape index (κ3) is 1.82. The van der Waals surface area contributed by atoms with Crippen LogP contribution >= 0.6 is 0 Å². The summed E-state index contributed by atoms with van der Waals surface area (Å²) in [5.41, 5.74) is 2.56. The van der Waals surface area contributed by atoms with Crippen LogP contribution in [0.1, 0.15) is 27.6 Å². The molecule has 2 N–H and O–H groups in total. The van der Waals surface area contributed by atoms with Gasteiger partial charge in [-0.3, -0.25) is 4.79 Å². The quantitative estimate of drug-likeness (QED) is 0.660. The Balaban J connectivity index is 2.03. The van der Waals surface area contributed by atoms with Crippen LogP contribution in [0, 0.1) is 0 Å². The second-order valence-corrected chi connectivity index (χ2v) is 5.23. The summed E-state index contributed by atoms with van der Waals surface area (Å²) in [4.78, 5) is 12.4. The zero-order valence-electron chi connectivity index (χ0n) is 11.2. The van der Waals surface area contributed by atoms with Crippen molar-refractivity contribution in [1.29, 1.82) is 0 Å². The zero-order valence-corrected chi connectivity index (χ0v) is 11.2. The minimum Gasteiger partial charge on any atom is -0.384 e. The fourth-order valence-electron chi connectivity index (χ4n) is 2.89. The van der Waals surface area contributed by atoms with Crippen molar-refractivity contribution in [3.63, 3.8) is 0 Å². The molecule has 1 aliphatic rings. The second kappa shape index (κ2) is 4.43. The predicted molar refractivity (Wildman–Crippen MR) is 82.4 cm³/mol. The number of aliphatic hydroxyl groups is 1. The number of rotatable bonds is 0. The van der Waals surface area contributed by atoms with E-state index in [2.05, 4.69) is 5.32 Å². The summed E-state index contributed by atoms with van der Waals surface area (Å²) in [7, 11) is 0. The summed E-state index contributed by atoms with van der Waals surface area (Å²) in [6.45, 7) is 0. The lowest BCUT2D eigenvalue weighted by atomic mass is 9.94. The molecule has 3 aromatic carbocycles. The molecule has 0 fully saturated rings. The number of para-hydroxylation sites is 1. The molecule has 0 saturated carbocycles. The highest BCUT2D eigenvalue weighted by molar-refractivity contribution is 6.09. The van der Waals surface area contributed by atoms with E-state index in [-0.39, 0.29) is 5.91 Å². The maximum atomic E-state index is 12.4. The van der Waals surface area contributed by atoms with E-state index in [0.717, 1.165) is 16.3 Å². The molecule has 1 amide bonds. The van der Waals surface area contributed by atoms with Crippen molar-refractivity contribution in [1.82, 2.24) is 0 Å². The van der Waals surface area contributed by atoms with Gasteiger partial charge in [0.2, 0.25) is 0 Å². The van der Waals surface area contributed by atoms with Gasteiger partial charge in [0.15, 0.2) is 0 Å². The van der Waals surface area contributed by atoms with E-state index in [4.69, 9.17) is 0 Å². The molecular formula is C18H13NO2. The number of carbonyl (C=O) groups is 1. The van der Waals surface area contributed by atoms with E-state index in [1.165, 1.54) is 0 Å². The molecule has 1 unspecified atom stereocenters. The lowest BCUT2D eigenvalue weighted by Crippen LogP contribution is -2.12. The Bertz CT molecular complexity index is 870. The van der Waals surface area contributed by atoms with Gasteiger partial charge in [-0.05, 0) is 34.5 Å². The predicted octanol–water partition coefficient (Wildman–Crippen LogP) is 3.49. The molecule has 0 spiro atoms. The van der Waals surface area contributed by atoms with Gasteiger partial charge in [0.1, 0.15) is 6.10 Å². The molecule has 3 heteroatoms. The summed E-state index contributed by atoms with van der Waals surface area (Å²) in [5, 5.41) is 15.6. The van der Waals surface area contributed by atoms with Gasteiger partial charge < -0.3 is 10.4 Å². The Morgan fingerprint density at radius 1 is 0.857 bits per heavy atom. The highest BCUT2D eigenvalue weighted by Crippen LogP contribution is 2.35. The van der Waals surface area contributed by atoms with E-state index in [1.54, 1.807) is 0 Å². The molecule has 1 atom stereocenters. The fourth-order valence-corrected chi connectivity index (χ4v) is 2.89. The molecule has 0 bridgehead atoms. The van der Waals surface area contributed by atoms with Gasteiger partial charge in [-0.15, -0.1) is 0 Å². The highest BCUT2D eigenvalue weighted by Gasteiger charge is 2.26. The summed E-state index contributed by atoms with van der Waals surface area (Å²) in [6.07, 6.45) is -0.806. The maximum absolute atomic E-state index is 12.4. The van der Waals surface area contributed by atoms with Crippen LogP contribution in [0.15, 0.2) is 60.7 Å². The molecular weight excluding hydrogens is 262 g/mol.